The third-order valence-electron chi connectivity index (χ3n) is 2.90. The number of aromatic nitrogens is 2. The van der Waals surface area contributed by atoms with Gasteiger partial charge in [0.1, 0.15) is 16.7 Å². The zero-order chi connectivity index (χ0) is 14.2. The smallest absolute Gasteiger partial charge is 0.255 e. The van der Waals surface area contributed by atoms with Crippen molar-refractivity contribution in [3.63, 3.8) is 0 Å². The van der Waals surface area contributed by atoms with Crippen molar-refractivity contribution in [2.75, 3.05) is 4.72 Å². The molecule has 3 rings (SSSR count). The number of thiazole rings is 1. The summed E-state index contributed by atoms with van der Waals surface area (Å²) in [5.74, 6) is 0.487. The van der Waals surface area contributed by atoms with Crippen LogP contribution < -0.4 is 4.72 Å². The van der Waals surface area contributed by atoms with Gasteiger partial charge in [0.15, 0.2) is 5.13 Å². The highest BCUT2D eigenvalue weighted by Crippen LogP contribution is 2.41. The van der Waals surface area contributed by atoms with Gasteiger partial charge in [0.25, 0.3) is 10.0 Å². The summed E-state index contributed by atoms with van der Waals surface area (Å²) in [4.78, 5) is 8.04. The molecule has 0 aliphatic heterocycles. The molecule has 1 aliphatic carbocycles. The first-order chi connectivity index (χ1) is 9.58. The number of nitrogens with zero attached hydrogens (tertiary/aromatic N) is 3. The fourth-order valence-electron chi connectivity index (χ4n) is 1.68. The molecule has 102 valence electrons. The van der Waals surface area contributed by atoms with Gasteiger partial charge in [-0.25, -0.2) is 18.4 Å². The van der Waals surface area contributed by atoms with Crippen LogP contribution in [0.2, 0.25) is 0 Å². The number of rotatable bonds is 4. The number of anilines is 1. The van der Waals surface area contributed by atoms with Crippen LogP contribution in [0.5, 0.6) is 0 Å². The van der Waals surface area contributed by atoms with Crippen LogP contribution in [0.25, 0.3) is 0 Å². The molecule has 2 aromatic heterocycles. The van der Waals surface area contributed by atoms with Gasteiger partial charge in [0.05, 0.1) is 5.69 Å². The van der Waals surface area contributed by atoms with E-state index in [1.807, 2.05) is 11.4 Å². The van der Waals surface area contributed by atoms with E-state index in [0.29, 0.717) is 11.0 Å². The second-order valence-electron chi connectivity index (χ2n) is 4.45. The largest absolute Gasteiger partial charge is 0.265 e. The predicted octanol–water partition coefficient (Wildman–Crippen LogP) is 2.09. The van der Waals surface area contributed by atoms with E-state index in [1.54, 1.807) is 0 Å². The number of nitrogens with one attached hydrogen (secondary N) is 1. The molecule has 0 unspecified atom stereocenters. The van der Waals surface area contributed by atoms with Crippen LogP contribution in [0.4, 0.5) is 5.13 Å². The maximum absolute atomic E-state index is 12.1. The lowest BCUT2D eigenvalue weighted by Crippen LogP contribution is -2.13. The van der Waals surface area contributed by atoms with Crippen molar-refractivity contribution in [2.45, 2.75) is 23.7 Å². The van der Waals surface area contributed by atoms with Gasteiger partial charge in [-0.15, -0.1) is 11.3 Å². The SMILES string of the molecule is N#Cc1ccc(S(=O)(=O)Nc2nc(C3CC3)cs2)cn1. The van der Waals surface area contributed by atoms with Crippen molar-refractivity contribution in [2.24, 2.45) is 0 Å². The minimum atomic E-state index is -3.70. The molecule has 1 aliphatic rings. The first-order valence-corrected chi connectivity index (χ1v) is 8.29. The van der Waals surface area contributed by atoms with Crippen molar-refractivity contribution in [1.29, 1.82) is 5.26 Å². The van der Waals surface area contributed by atoms with Crippen LogP contribution >= 0.6 is 11.3 Å². The van der Waals surface area contributed by atoms with Crippen molar-refractivity contribution in [1.82, 2.24) is 9.97 Å². The Morgan fingerprint density at radius 1 is 1.40 bits per heavy atom. The molecule has 6 nitrogen and oxygen atoms in total. The predicted molar refractivity (Wildman–Crippen MR) is 73.8 cm³/mol. The highest BCUT2D eigenvalue weighted by molar-refractivity contribution is 7.93. The molecule has 1 saturated carbocycles. The molecule has 0 atom stereocenters. The maximum atomic E-state index is 12.1. The lowest BCUT2D eigenvalue weighted by atomic mass is 10.3. The summed E-state index contributed by atoms with van der Waals surface area (Å²) in [6.07, 6.45) is 3.40. The van der Waals surface area contributed by atoms with Crippen molar-refractivity contribution >= 4 is 26.5 Å². The van der Waals surface area contributed by atoms with Gasteiger partial charge >= 0.3 is 0 Å². The molecule has 0 spiro atoms. The molecule has 1 N–H and O–H groups in total. The number of sulfonamides is 1. The van der Waals surface area contributed by atoms with Gasteiger partial charge in [0.2, 0.25) is 0 Å². The summed E-state index contributed by atoms with van der Waals surface area (Å²) in [5, 5.41) is 10.9. The molecule has 0 radical (unpaired) electrons. The fraction of sp³-hybridized carbons (Fsp3) is 0.250. The molecule has 0 saturated heterocycles. The van der Waals surface area contributed by atoms with Crippen LogP contribution in [0.1, 0.15) is 30.1 Å². The van der Waals surface area contributed by atoms with E-state index in [2.05, 4.69) is 14.7 Å². The van der Waals surface area contributed by atoms with Crippen LogP contribution in [0, 0.1) is 11.3 Å². The second-order valence-corrected chi connectivity index (χ2v) is 6.99. The van der Waals surface area contributed by atoms with Gasteiger partial charge < -0.3 is 0 Å². The summed E-state index contributed by atoms with van der Waals surface area (Å²) < 4.78 is 26.7. The van der Waals surface area contributed by atoms with Crippen molar-refractivity contribution in [3.8, 4) is 6.07 Å². The first-order valence-electron chi connectivity index (χ1n) is 5.93. The van der Waals surface area contributed by atoms with Gasteiger partial charge in [-0.1, -0.05) is 0 Å². The average Bonchev–Trinajstić information content (AvgIpc) is 3.20. The van der Waals surface area contributed by atoms with E-state index in [9.17, 15) is 8.42 Å². The van der Waals surface area contributed by atoms with Gasteiger partial charge in [-0.3, -0.25) is 4.72 Å². The molecule has 8 heteroatoms. The van der Waals surface area contributed by atoms with E-state index in [0.717, 1.165) is 24.7 Å². The number of nitriles is 1. The Kier molecular flexibility index (Phi) is 3.16. The lowest BCUT2D eigenvalue weighted by molar-refractivity contribution is 0.600. The van der Waals surface area contributed by atoms with Crippen LogP contribution in [-0.2, 0) is 10.0 Å². The maximum Gasteiger partial charge on any atom is 0.265 e. The second kappa shape index (κ2) is 4.85. The lowest BCUT2D eigenvalue weighted by Gasteiger charge is -2.04. The van der Waals surface area contributed by atoms with E-state index < -0.39 is 10.0 Å². The van der Waals surface area contributed by atoms with E-state index >= 15 is 0 Å². The Balaban J connectivity index is 1.81. The summed E-state index contributed by atoms with van der Waals surface area (Å²) in [5.41, 5.74) is 1.12. The quantitative estimate of drug-likeness (QED) is 0.933. The van der Waals surface area contributed by atoms with Gasteiger partial charge in [0, 0.05) is 17.5 Å². The zero-order valence-electron chi connectivity index (χ0n) is 10.3. The normalized spacial score (nSPS) is 14.8. The third kappa shape index (κ3) is 2.64. The van der Waals surface area contributed by atoms with Crippen LogP contribution in [-0.4, -0.2) is 18.4 Å². The Hall–Kier alpha value is -1.98. The summed E-state index contributed by atoms with van der Waals surface area (Å²) in [6.45, 7) is 0. The Bertz CT molecular complexity index is 771. The Morgan fingerprint density at radius 3 is 2.80 bits per heavy atom. The summed E-state index contributed by atoms with van der Waals surface area (Å²) >= 11 is 1.27. The van der Waals surface area contributed by atoms with E-state index in [-0.39, 0.29) is 10.6 Å². The minimum absolute atomic E-state index is 0.0136. The fourth-order valence-corrected chi connectivity index (χ4v) is 3.67. The molecular weight excluding hydrogens is 296 g/mol. The Morgan fingerprint density at radius 2 is 2.20 bits per heavy atom. The van der Waals surface area contributed by atoms with E-state index in [4.69, 9.17) is 5.26 Å². The molecule has 1 fully saturated rings. The van der Waals surface area contributed by atoms with Crippen LogP contribution in [0.3, 0.4) is 0 Å². The average molecular weight is 306 g/mol. The third-order valence-corrected chi connectivity index (χ3v) is 5.13. The van der Waals surface area contributed by atoms with Gasteiger partial charge in [-0.2, -0.15) is 5.26 Å². The first kappa shape index (κ1) is 13.0. The molecule has 0 aromatic carbocycles. The van der Waals surface area contributed by atoms with Crippen LogP contribution in [0.15, 0.2) is 28.6 Å². The molecule has 0 bridgehead atoms. The molecule has 2 aromatic rings. The molecule has 20 heavy (non-hydrogen) atoms. The molecule has 2 heterocycles. The summed E-state index contributed by atoms with van der Waals surface area (Å²) in [7, 11) is -3.70. The number of hydrogen-bond acceptors (Lipinski definition) is 6. The highest BCUT2D eigenvalue weighted by atomic mass is 32.2. The summed E-state index contributed by atoms with van der Waals surface area (Å²) in [6, 6.07) is 4.56. The van der Waals surface area contributed by atoms with Crippen molar-refractivity contribution < 1.29 is 8.42 Å². The van der Waals surface area contributed by atoms with E-state index in [1.165, 1.54) is 23.5 Å². The van der Waals surface area contributed by atoms with Crippen molar-refractivity contribution in [3.05, 3.63) is 35.1 Å². The topological polar surface area (TPSA) is 95.7 Å². The number of pyridine rings is 1. The molecular formula is C12H10N4O2S2. The highest BCUT2D eigenvalue weighted by Gasteiger charge is 2.26. The standard InChI is InChI=1S/C12H10N4O2S2/c13-5-9-3-4-10(6-14-9)20(17,18)16-12-15-11(7-19-12)8-1-2-8/h3-4,6-8H,1-2H2,(H,15,16). The molecule has 0 amide bonds. The van der Waals surface area contributed by atoms with Gasteiger partial charge in [-0.05, 0) is 25.0 Å². The monoisotopic (exact) mass is 306 g/mol. The zero-order valence-corrected chi connectivity index (χ0v) is 11.9. The number of hydrogen-bond donors (Lipinski definition) is 1. The Labute approximate surface area is 120 Å². The minimum Gasteiger partial charge on any atom is -0.255 e.